The van der Waals surface area contributed by atoms with Crippen LogP contribution in [0.5, 0.6) is 0 Å². The number of rotatable bonds is 0. The minimum atomic E-state index is 0.0342. The highest BCUT2D eigenvalue weighted by Gasteiger charge is 1.95. The van der Waals surface area contributed by atoms with Crippen LogP contribution in [0.2, 0.25) is 0 Å². The van der Waals surface area contributed by atoms with E-state index in [9.17, 15) is 4.79 Å². The average molecular weight is 241 g/mol. The second-order valence-electron chi connectivity index (χ2n) is 1.41. The first-order chi connectivity index (χ1) is 3.70. The van der Waals surface area contributed by atoms with Crippen LogP contribution in [0.25, 0.3) is 0 Å². The van der Waals surface area contributed by atoms with Crippen LogP contribution >= 0.6 is 33.9 Å². The highest BCUT2D eigenvalue weighted by atomic mass is 127. The molecule has 8 heavy (non-hydrogen) atoms. The van der Waals surface area contributed by atoms with E-state index >= 15 is 0 Å². The third kappa shape index (κ3) is 1.11. The van der Waals surface area contributed by atoms with Crippen LogP contribution in [0.15, 0.2) is 4.79 Å². The van der Waals surface area contributed by atoms with Gasteiger partial charge in [0.2, 0.25) is 0 Å². The summed E-state index contributed by atoms with van der Waals surface area (Å²) in [7, 11) is 0. The van der Waals surface area contributed by atoms with E-state index in [0.717, 1.165) is 8.58 Å². The first-order valence-electron chi connectivity index (χ1n) is 2.05. The van der Waals surface area contributed by atoms with E-state index in [-0.39, 0.29) is 4.87 Å². The molecule has 0 saturated carbocycles. The number of aromatic nitrogens is 1. The molecule has 0 aliphatic carbocycles. The maximum Gasteiger partial charge on any atom is 0.305 e. The molecule has 0 aromatic carbocycles. The molecule has 1 aromatic rings. The summed E-state index contributed by atoms with van der Waals surface area (Å²) in [5.41, 5.74) is 0.973. The van der Waals surface area contributed by atoms with E-state index in [1.165, 1.54) is 11.3 Å². The molecule has 2 nitrogen and oxygen atoms in total. The summed E-state index contributed by atoms with van der Waals surface area (Å²) in [6.45, 7) is 1.89. The van der Waals surface area contributed by atoms with E-state index in [1.54, 1.807) is 0 Å². The number of hydrogen-bond acceptors (Lipinski definition) is 2. The van der Waals surface area contributed by atoms with Crippen molar-refractivity contribution in [3.8, 4) is 0 Å². The van der Waals surface area contributed by atoms with Crippen LogP contribution in [0.1, 0.15) is 5.69 Å². The lowest BCUT2D eigenvalue weighted by atomic mass is 10.6. The van der Waals surface area contributed by atoms with E-state index < -0.39 is 0 Å². The Morgan fingerprint density at radius 1 is 1.75 bits per heavy atom. The zero-order chi connectivity index (χ0) is 6.15. The quantitative estimate of drug-likeness (QED) is 0.683. The van der Waals surface area contributed by atoms with Crippen LogP contribution in [-0.2, 0) is 0 Å². The number of nitrogens with one attached hydrogen (secondary N) is 1. The molecule has 1 aromatic heterocycles. The van der Waals surface area contributed by atoms with Gasteiger partial charge in [0.15, 0.2) is 0 Å². The van der Waals surface area contributed by atoms with Gasteiger partial charge in [-0.05, 0) is 29.5 Å². The van der Waals surface area contributed by atoms with Crippen molar-refractivity contribution < 1.29 is 0 Å². The first-order valence-corrected chi connectivity index (χ1v) is 3.95. The lowest BCUT2D eigenvalue weighted by Gasteiger charge is -1.76. The van der Waals surface area contributed by atoms with Crippen LogP contribution in [0.3, 0.4) is 0 Å². The highest BCUT2D eigenvalue weighted by molar-refractivity contribution is 14.1. The van der Waals surface area contributed by atoms with Gasteiger partial charge in [-0.15, -0.1) is 0 Å². The third-order valence-electron chi connectivity index (χ3n) is 0.767. The van der Waals surface area contributed by atoms with Gasteiger partial charge in [-0.2, -0.15) is 0 Å². The molecule has 1 rings (SSSR count). The molecule has 4 heteroatoms. The molecule has 0 radical (unpaired) electrons. The molecular weight excluding hydrogens is 237 g/mol. The van der Waals surface area contributed by atoms with Gasteiger partial charge >= 0.3 is 4.87 Å². The van der Waals surface area contributed by atoms with Gasteiger partial charge in [0, 0.05) is 5.69 Å². The normalized spacial score (nSPS) is 9.75. The summed E-state index contributed by atoms with van der Waals surface area (Å²) in [6, 6.07) is 0. The molecule has 44 valence electrons. The van der Waals surface area contributed by atoms with Crippen molar-refractivity contribution >= 4 is 33.9 Å². The Hall–Kier alpha value is 0.160. The molecule has 0 aliphatic heterocycles. The number of aryl methyl sites for hydroxylation is 1. The SMILES string of the molecule is Cc1[nH]c(=O)sc1I. The molecule has 1 N–H and O–H groups in total. The molecule has 1 heterocycles. The summed E-state index contributed by atoms with van der Waals surface area (Å²) >= 11 is 3.38. The minimum absolute atomic E-state index is 0.0342. The van der Waals surface area contributed by atoms with Gasteiger partial charge in [0.05, 0.1) is 2.88 Å². The Balaban J connectivity index is 3.35. The van der Waals surface area contributed by atoms with E-state index in [0.29, 0.717) is 0 Å². The van der Waals surface area contributed by atoms with Crippen LogP contribution in [0.4, 0.5) is 0 Å². The predicted octanol–water partition coefficient (Wildman–Crippen LogP) is 1.35. The Kier molecular flexibility index (Phi) is 1.71. The fraction of sp³-hybridized carbons (Fsp3) is 0.250. The van der Waals surface area contributed by atoms with Gasteiger partial charge in [0.25, 0.3) is 0 Å². The third-order valence-corrected chi connectivity index (χ3v) is 3.01. The van der Waals surface area contributed by atoms with Crippen LogP contribution in [0, 0.1) is 9.81 Å². The van der Waals surface area contributed by atoms with Crippen molar-refractivity contribution in [2.75, 3.05) is 0 Å². The fourth-order valence-corrected chi connectivity index (χ4v) is 1.69. The Bertz CT molecular complexity index is 216. The van der Waals surface area contributed by atoms with Crippen molar-refractivity contribution in [1.82, 2.24) is 4.98 Å². The van der Waals surface area contributed by atoms with E-state index in [4.69, 9.17) is 0 Å². The van der Waals surface area contributed by atoms with Crippen LogP contribution < -0.4 is 4.87 Å². The van der Waals surface area contributed by atoms with E-state index in [2.05, 4.69) is 27.6 Å². The topological polar surface area (TPSA) is 32.9 Å². The second-order valence-corrected chi connectivity index (χ2v) is 4.21. The molecule has 0 amide bonds. The smallest absolute Gasteiger partial charge is 0.305 e. The highest BCUT2D eigenvalue weighted by Crippen LogP contribution is 2.09. The van der Waals surface area contributed by atoms with Crippen molar-refractivity contribution in [3.05, 3.63) is 18.2 Å². The molecule has 0 aliphatic rings. The van der Waals surface area contributed by atoms with Crippen LogP contribution in [-0.4, -0.2) is 4.98 Å². The standard InChI is InChI=1S/C4H4INOS/c1-2-3(5)8-4(7)6-2/h1H3,(H,6,7). The summed E-state index contributed by atoms with van der Waals surface area (Å²) < 4.78 is 1.05. The number of H-pyrrole nitrogens is 1. The van der Waals surface area contributed by atoms with Gasteiger partial charge in [-0.1, -0.05) is 11.3 Å². The maximum atomic E-state index is 10.5. The minimum Gasteiger partial charge on any atom is -0.316 e. The molecule has 0 saturated heterocycles. The monoisotopic (exact) mass is 241 g/mol. The van der Waals surface area contributed by atoms with Gasteiger partial charge in [0.1, 0.15) is 0 Å². The lowest BCUT2D eigenvalue weighted by molar-refractivity contribution is 1.21. The van der Waals surface area contributed by atoms with Crippen molar-refractivity contribution in [2.24, 2.45) is 0 Å². The van der Waals surface area contributed by atoms with Crippen molar-refractivity contribution in [2.45, 2.75) is 6.92 Å². The molecule has 0 spiro atoms. The number of hydrogen-bond donors (Lipinski definition) is 1. The zero-order valence-electron chi connectivity index (χ0n) is 4.19. The summed E-state index contributed by atoms with van der Waals surface area (Å²) in [5.74, 6) is 0. The average Bonchev–Trinajstić information content (AvgIpc) is 1.85. The molecule has 0 bridgehead atoms. The lowest BCUT2D eigenvalue weighted by Crippen LogP contribution is -1.90. The molecule has 0 fully saturated rings. The van der Waals surface area contributed by atoms with Gasteiger partial charge < -0.3 is 4.98 Å². The zero-order valence-corrected chi connectivity index (χ0v) is 7.17. The number of halogens is 1. The molecule has 0 unspecified atom stereocenters. The summed E-state index contributed by atoms with van der Waals surface area (Å²) in [6.07, 6.45) is 0. The maximum absolute atomic E-state index is 10.5. The van der Waals surface area contributed by atoms with Gasteiger partial charge in [-0.3, -0.25) is 4.79 Å². The Morgan fingerprint density at radius 3 is 2.50 bits per heavy atom. The summed E-state index contributed by atoms with van der Waals surface area (Å²) in [4.78, 5) is 13.2. The van der Waals surface area contributed by atoms with Crippen molar-refractivity contribution in [3.63, 3.8) is 0 Å². The van der Waals surface area contributed by atoms with Gasteiger partial charge in [-0.25, -0.2) is 0 Å². The van der Waals surface area contributed by atoms with E-state index in [1.807, 2.05) is 6.92 Å². The van der Waals surface area contributed by atoms with Crippen molar-refractivity contribution in [1.29, 1.82) is 0 Å². The molecule has 0 atom stereocenters. The Morgan fingerprint density at radius 2 is 2.38 bits per heavy atom. The first kappa shape index (κ1) is 6.28. The predicted molar refractivity (Wildman–Crippen MR) is 42.4 cm³/mol. The summed E-state index contributed by atoms with van der Waals surface area (Å²) in [5, 5.41) is 0. The fourth-order valence-electron chi connectivity index (χ4n) is 0.386. The number of thiazole rings is 1. The largest absolute Gasteiger partial charge is 0.316 e. The second kappa shape index (κ2) is 2.18. The molecular formula is C4H4INOS. The number of aromatic amines is 1. The Labute approximate surface area is 64.1 Å².